The van der Waals surface area contributed by atoms with Gasteiger partial charge in [0.2, 0.25) is 0 Å². The Morgan fingerprint density at radius 3 is 2.61 bits per heavy atom. The summed E-state index contributed by atoms with van der Waals surface area (Å²) in [4.78, 5) is 0. The van der Waals surface area contributed by atoms with Gasteiger partial charge < -0.3 is 5.32 Å². The molecule has 2 rings (SSSR count). The van der Waals surface area contributed by atoms with Crippen molar-refractivity contribution in [3.63, 3.8) is 0 Å². The first-order valence-electron chi connectivity index (χ1n) is 6.30. The van der Waals surface area contributed by atoms with Gasteiger partial charge in [0.25, 0.3) is 0 Å². The van der Waals surface area contributed by atoms with Crippen LogP contribution >= 0.6 is 0 Å². The number of halogens is 1. The molecule has 0 amide bonds. The first kappa shape index (κ1) is 12.6. The quantitative estimate of drug-likeness (QED) is 0.830. The summed E-state index contributed by atoms with van der Waals surface area (Å²) < 4.78 is 13.2. The molecule has 0 spiro atoms. The molecular formula is C16H18FN. The summed E-state index contributed by atoms with van der Waals surface area (Å²) in [6.07, 6.45) is 1.02. The van der Waals surface area contributed by atoms with Gasteiger partial charge in [-0.25, -0.2) is 4.39 Å². The molecule has 0 fully saturated rings. The number of nitrogens with one attached hydrogen (secondary N) is 1. The maximum absolute atomic E-state index is 13.2. The van der Waals surface area contributed by atoms with Crippen molar-refractivity contribution in [2.45, 2.75) is 26.3 Å². The summed E-state index contributed by atoms with van der Waals surface area (Å²) in [5.41, 5.74) is 3.33. The Hall–Kier alpha value is -1.83. The molecule has 0 aromatic heterocycles. The average Bonchev–Trinajstić information content (AvgIpc) is 2.39. The minimum absolute atomic E-state index is 0.0906. The fraction of sp³-hybridized carbons (Fsp3) is 0.250. The van der Waals surface area contributed by atoms with E-state index in [2.05, 4.69) is 24.4 Å². The third-order valence-corrected chi connectivity index (χ3v) is 3.07. The summed E-state index contributed by atoms with van der Waals surface area (Å²) in [6.45, 7) is 4.17. The van der Waals surface area contributed by atoms with E-state index in [1.807, 2.05) is 25.1 Å². The first-order valence-corrected chi connectivity index (χ1v) is 6.30. The van der Waals surface area contributed by atoms with Crippen LogP contribution < -0.4 is 5.32 Å². The van der Waals surface area contributed by atoms with E-state index in [0.717, 1.165) is 17.7 Å². The van der Waals surface area contributed by atoms with Crippen molar-refractivity contribution < 1.29 is 4.39 Å². The van der Waals surface area contributed by atoms with Gasteiger partial charge in [-0.1, -0.05) is 31.2 Å². The molecule has 94 valence electrons. The molecule has 0 heterocycles. The van der Waals surface area contributed by atoms with Crippen molar-refractivity contribution in [3.05, 3.63) is 65.5 Å². The van der Waals surface area contributed by atoms with Crippen molar-refractivity contribution >= 4 is 5.69 Å². The van der Waals surface area contributed by atoms with Gasteiger partial charge in [0, 0.05) is 11.7 Å². The molecule has 0 aliphatic rings. The molecule has 1 N–H and O–H groups in total. The monoisotopic (exact) mass is 243 g/mol. The van der Waals surface area contributed by atoms with Crippen LogP contribution in [0.1, 0.15) is 31.0 Å². The molecular weight excluding hydrogens is 225 g/mol. The van der Waals surface area contributed by atoms with Gasteiger partial charge in [-0.3, -0.25) is 0 Å². The molecule has 0 aliphatic carbocycles. The fourth-order valence-electron chi connectivity index (χ4n) is 1.99. The number of aryl methyl sites for hydroxylation is 1. The van der Waals surface area contributed by atoms with Crippen LogP contribution in [-0.2, 0) is 6.42 Å². The highest BCUT2D eigenvalue weighted by atomic mass is 19.1. The van der Waals surface area contributed by atoms with Crippen LogP contribution in [0.3, 0.4) is 0 Å². The minimum atomic E-state index is -0.191. The van der Waals surface area contributed by atoms with Crippen molar-refractivity contribution in [1.82, 2.24) is 0 Å². The van der Waals surface area contributed by atoms with Crippen molar-refractivity contribution in [1.29, 1.82) is 0 Å². The summed E-state index contributed by atoms with van der Waals surface area (Å²) >= 11 is 0. The maximum Gasteiger partial charge on any atom is 0.123 e. The Kier molecular flexibility index (Phi) is 3.98. The zero-order valence-electron chi connectivity index (χ0n) is 10.8. The van der Waals surface area contributed by atoms with E-state index in [4.69, 9.17) is 0 Å². The van der Waals surface area contributed by atoms with Gasteiger partial charge in [-0.2, -0.15) is 0 Å². The molecule has 18 heavy (non-hydrogen) atoms. The second-order valence-corrected chi connectivity index (χ2v) is 4.47. The Labute approximate surface area is 108 Å². The number of hydrogen-bond acceptors (Lipinski definition) is 1. The van der Waals surface area contributed by atoms with E-state index in [9.17, 15) is 4.39 Å². The van der Waals surface area contributed by atoms with Crippen LogP contribution in [0.15, 0.2) is 48.5 Å². The molecule has 0 aliphatic heterocycles. The molecule has 1 unspecified atom stereocenters. The van der Waals surface area contributed by atoms with Gasteiger partial charge in [0.15, 0.2) is 0 Å². The Morgan fingerprint density at radius 2 is 1.89 bits per heavy atom. The Bertz CT molecular complexity index is 522. The highest BCUT2D eigenvalue weighted by Crippen LogP contribution is 2.20. The van der Waals surface area contributed by atoms with E-state index in [1.165, 1.54) is 11.6 Å². The lowest BCUT2D eigenvalue weighted by Crippen LogP contribution is -2.06. The molecule has 0 radical (unpaired) electrons. The Morgan fingerprint density at radius 1 is 1.11 bits per heavy atom. The maximum atomic E-state index is 13.2. The van der Waals surface area contributed by atoms with Gasteiger partial charge in [0.1, 0.15) is 5.82 Å². The number of anilines is 1. The second-order valence-electron chi connectivity index (χ2n) is 4.47. The molecule has 0 saturated heterocycles. The lowest BCUT2D eigenvalue weighted by molar-refractivity contribution is 0.623. The topological polar surface area (TPSA) is 12.0 Å². The fourth-order valence-corrected chi connectivity index (χ4v) is 1.99. The molecule has 0 saturated carbocycles. The van der Waals surface area contributed by atoms with Crippen molar-refractivity contribution in [2.75, 3.05) is 5.32 Å². The molecule has 1 nitrogen and oxygen atoms in total. The Balaban J connectivity index is 2.13. The van der Waals surface area contributed by atoms with Gasteiger partial charge >= 0.3 is 0 Å². The van der Waals surface area contributed by atoms with Gasteiger partial charge in [0.05, 0.1) is 0 Å². The average molecular weight is 243 g/mol. The lowest BCUT2D eigenvalue weighted by Gasteiger charge is -2.16. The third kappa shape index (κ3) is 3.10. The SMILES string of the molecule is CCc1cccc(NC(C)c2cccc(F)c2)c1. The summed E-state index contributed by atoms with van der Waals surface area (Å²) in [5.74, 6) is -0.191. The van der Waals surface area contributed by atoms with Crippen LogP contribution in [0, 0.1) is 5.82 Å². The van der Waals surface area contributed by atoms with Crippen LogP contribution in [-0.4, -0.2) is 0 Å². The number of benzene rings is 2. The van der Waals surface area contributed by atoms with E-state index in [1.54, 1.807) is 12.1 Å². The number of rotatable bonds is 4. The van der Waals surface area contributed by atoms with Gasteiger partial charge in [-0.15, -0.1) is 0 Å². The largest absolute Gasteiger partial charge is 0.379 e. The lowest BCUT2D eigenvalue weighted by atomic mass is 10.1. The molecule has 1 atom stereocenters. The van der Waals surface area contributed by atoms with Crippen molar-refractivity contribution in [3.8, 4) is 0 Å². The highest BCUT2D eigenvalue weighted by Gasteiger charge is 2.06. The molecule has 2 heteroatoms. The first-order chi connectivity index (χ1) is 8.69. The number of hydrogen-bond donors (Lipinski definition) is 1. The van der Waals surface area contributed by atoms with Crippen LogP contribution in [0.2, 0.25) is 0 Å². The summed E-state index contributed by atoms with van der Waals surface area (Å²) in [5, 5.41) is 3.39. The predicted octanol–water partition coefficient (Wildman–Crippen LogP) is 4.56. The molecule has 0 bridgehead atoms. The zero-order chi connectivity index (χ0) is 13.0. The van der Waals surface area contributed by atoms with E-state index < -0.39 is 0 Å². The standard InChI is InChI=1S/C16H18FN/c1-3-13-6-4-9-16(10-13)18-12(2)14-7-5-8-15(17)11-14/h4-12,18H,3H2,1-2H3. The highest BCUT2D eigenvalue weighted by molar-refractivity contribution is 5.47. The summed E-state index contributed by atoms with van der Waals surface area (Å²) in [6, 6.07) is 15.1. The van der Waals surface area contributed by atoms with E-state index in [0.29, 0.717) is 0 Å². The predicted molar refractivity (Wildman–Crippen MR) is 74.3 cm³/mol. The van der Waals surface area contributed by atoms with Crippen LogP contribution in [0.25, 0.3) is 0 Å². The molecule has 2 aromatic rings. The summed E-state index contributed by atoms with van der Waals surface area (Å²) in [7, 11) is 0. The van der Waals surface area contributed by atoms with Crippen LogP contribution in [0.4, 0.5) is 10.1 Å². The van der Waals surface area contributed by atoms with Gasteiger partial charge in [-0.05, 0) is 48.7 Å². The van der Waals surface area contributed by atoms with Crippen LogP contribution in [0.5, 0.6) is 0 Å². The van der Waals surface area contributed by atoms with Crippen molar-refractivity contribution in [2.24, 2.45) is 0 Å². The second kappa shape index (κ2) is 5.67. The smallest absolute Gasteiger partial charge is 0.123 e. The minimum Gasteiger partial charge on any atom is -0.379 e. The normalized spacial score (nSPS) is 12.2. The zero-order valence-corrected chi connectivity index (χ0v) is 10.8. The van der Waals surface area contributed by atoms with E-state index in [-0.39, 0.29) is 11.9 Å². The van der Waals surface area contributed by atoms with E-state index >= 15 is 0 Å². The third-order valence-electron chi connectivity index (χ3n) is 3.07. The molecule has 2 aromatic carbocycles.